The summed E-state index contributed by atoms with van der Waals surface area (Å²) in [5.74, 6) is 1.73. The van der Waals surface area contributed by atoms with Crippen molar-refractivity contribution in [2.45, 2.75) is 40.4 Å². The molecule has 2 N–H and O–H groups in total. The minimum Gasteiger partial charge on any atom is -0.460 e. The Bertz CT molecular complexity index is 817. The molecule has 0 saturated heterocycles. The number of furan rings is 1. The molecule has 0 bridgehead atoms. The van der Waals surface area contributed by atoms with E-state index in [9.17, 15) is 0 Å². The Morgan fingerprint density at radius 1 is 1.00 bits per heavy atom. The summed E-state index contributed by atoms with van der Waals surface area (Å²) in [4.78, 5) is 2.44. The van der Waals surface area contributed by atoms with E-state index in [0.29, 0.717) is 0 Å². The van der Waals surface area contributed by atoms with Gasteiger partial charge < -0.3 is 9.73 Å². The third-order valence-corrected chi connectivity index (χ3v) is 4.74. The number of aryl methyl sites for hydroxylation is 1. The van der Waals surface area contributed by atoms with E-state index < -0.39 is 0 Å². The average molecular weight is 352 g/mol. The lowest BCUT2D eigenvalue weighted by Crippen LogP contribution is -2.23. The first-order valence-electron chi connectivity index (χ1n) is 9.30. The van der Waals surface area contributed by atoms with Gasteiger partial charge in [0.15, 0.2) is 5.76 Å². The van der Waals surface area contributed by atoms with Crippen molar-refractivity contribution in [3.8, 4) is 11.5 Å². The summed E-state index contributed by atoms with van der Waals surface area (Å²) >= 11 is 0. The molecule has 0 fully saturated rings. The molecule has 0 spiro atoms. The first kappa shape index (κ1) is 18.4. The third kappa shape index (κ3) is 4.42. The first-order valence-corrected chi connectivity index (χ1v) is 9.30. The van der Waals surface area contributed by atoms with E-state index in [1.165, 1.54) is 11.1 Å². The second kappa shape index (κ2) is 8.83. The highest BCUT2D eigenvalue weighted by molar-refractivity contribution is 5.56. The maximum atomic E-state index is 5.72. The topological polar surface area (TPSA) is 57.1 Å². The molecule has 3 rings (SSSR count). The minimum absolute atomic E-state index is 0.741. The zero-order chi connectivity index (χ0) is 18.4. The molecule has 5 heteroatoms. The summed E-state index contributed by atoms with van der Waals surface area (Å²) < 4.78 is 5.72. The highest BCUT2D eigenvalue weighted by atomic mass is 16.3. The van der Waals surface area contributed by atoms with Gasteiger partial charge in [0.1, 0.15) is 11.5 Å². The molecule has 2 heterocycles. The van der Waals surface area contributed by atoms with Gasteiger partial charge in [-0.3, -0.25) is 10.00 Å². The van der Waals surface area contributed by atoms with E-state index in [-0.39, 0.29) is 0 Å². The van der Waals surface area contributed by atoms with Crippen LogP contribution in [0.3, 0.4) is 0 Å². The standard InChI is InChI=1S/C21H28N4O/c1-4-25(5-2)15-18-9-7-6-8-17(18)12-22-13-19-14-23-24-21(19)20-11-10-16(3)26-20/h6-11,14,22H,4-5,12-13,15H2,1-3H3,(H,23,24). The van der Waals surface area contributed by atoms with Crippen molar-refractivity contribution in [1.82, 2.24) is 20.4 Å². The number of benzene rings is 1. The molecule has 0 amide bonds. The van der Waals surface area contributed by atoms with Crippen LogP contribution in [-0.4, -0.2) is 28.2 Å². The van der Waals surface area contributed by atoms with Gasteiger partial charge in [0, 0.05) is 25.2 Å². The average Bonchev–Trinajstić information content (AvgIpc) is 3.29. The Kier molecular flexibility index (Phi) is 6.26. The van der Waals surface area contributed by atoms with Crippen LogP contribution < -0.4 is 5.32 Å². The van der Waals surface area contributed by atoms with Crippen LogP contribution in [0.2, 0.25) is 0 Å². The summed E-state index contributed by atoms with van der Waals surface area (Å²) in [7, 11) is 0. The van der Waals surface area contributed by atoms with E-state index in [2.05, 4.69) is 58.5 Å². The second-order valence-corrected chi connectivity index (χ2v) is 6.51. The van der Waals surface area contributed by atoms with Gasteiger partial charge >= 0.3 is 0 Å². The first-order chi connectivity index (χ1) is 12.7. The van der Waals surface area contributed by atoms with Gasteiger partial charge in [0.05, 0.1) is 6.20 Å². The van der Waals surface area contributed by atoms with Crippen molar-refractivity contribution in [3.05, 3.63) is 65.0 Å². The molecular formula is C21H28N4O. The minimum atomic E-state index is 0.741. The zero-order valence-electron chi connectivity index (χ0n) is 15.9. The van der Waals surface area contributed by atoms with E-state index in [1.54, 1.807) is 0 Å². The largest absolute Gasteiger partial charge is 0.460 e. The molecule has 0 aliphatic carbocycles. The van der Waals surface area contributed by atoms with E-state index in [4.69, 9.17) is 4.42 Å². The van der Waals surface area contributed by atoms with Crippen LogP contribution >= 0.6 is 0 Å². The highest BCUT2D eigenvalue weighted by Gasteiger charge is 2.11. The molecule has 3 aromatic rings. The highest BCUT2D eigenvalue weighted by Crippen LogP contribution is 2.23. The maximum Gasteiger partial charge on any atom is 0.152 e. The molecule has 0 saturated carbocycles. The normalized spacial score (nSPS) is 11.4. The van der Waals surface area contributed by atoms with Crippen molar-refractivity contribution < 1.29 is 4.42 Å². The fraction of sp³-hybridized carbons (Fsp3) is 0.381. The maximum absolute atomic E-state index is 5.72. The van der Waals surface area contributed by atoms with Gasteiger partial charge in [-0.05, 0) is 43.3 Å². The van der Waals surface area contributed by atoms with E-state index in [0.717, 1.165) is 55.5 Å². The fourth-order valence-corrected chi connectivity index (χ4v) is 3.13. The number of hydrogen-bond acceptors (Lipinski definition) is 4. The predicted molar refractivity (Wildman–Crippen MR) is 105 cm³/mol. The molecule has 0 unspecified atom stereocenters. The fourth-order valence-electron chi connectivity index (χ4n) is 3.13. The molecule has 0 aliphatic rings. The Hall–Kier alpha value is -2.37. The van der Waals surface area contributed by atoms with Crippen LogP contribution in [-0.2, 0) is 19.6 Å². The number of rotatable bonds is 9. The lowest BCUT2D eigenvalue weighted by molar-refractivity contribution is 0.294. The van der Waals surface area contributed by atoms with Crippen molar-refractivity contribution in [2.24, 2.45) is 0 Å². The number of nitrogens with one attached hydrogen (secondary N) is 2. The van der Waals surface area contributed by atoms with Crippen molar-refractivity contribution in [3.63, 3.8) is 0 Å². The molecule has 26 heavy (non-hydrogen) atoms. The molecular weight excluding hydrogens is 324 g/mol. The van der Waals surface area contributed by atoms with Crippen molar-refractivity contribution in [2.75, 3.05) is 13.1 Å². The number of hydrogen-bond donors (Lipinski definition) is 2. The third-order valence-electron chi connectivity index (χ3n) is 4.74. The number of aromatic amines is 1. The number of H-pyrrole nitrogens is 1. The Labute approximate surface area is 155 Å². The Morgan fingerprint density at radius 3 is 2.42 bits per heavy atom. The monoisotopic (exact) mass is 352 g/mol. The number of aromatic nitrogens is 2. The van der Waals surface area contributed by atoms with Crippen LogP contribution in [0, 0.1) is 6.92 Å². The van der Waals surface area contributed by atoms with Gasteiger partial charge in [0.2, 0.25) is 0 Å². The number of nitrogens with zero attached hydrogens (tertiary/aromatic N) is 2. The van der Waals surface area contributed by atoms with Gasteiger partial charge in [-0.1, -0.05) is 38.1 Å². The predicted octanol–water partition coefficient (Wildman–Crippen LogP) is 4.11. The van der Waals surface area contributed by atoms with Crippen LogP contribution in [0.1, 0.15) is 36.3 Å². The molecule has 2 aromatic heterocycles. The van der Waals surface area contributed by atoms with Gasteiger partial charge in [0.25, 0.3) is 0 Å². The lowest BCUT2D eigenvalue weighted by atomic mass is 10.1. The Balaban J connectivity index is 1.64. The molecule has 1 aromatic carbocycles. The molecule has 5 nitrogen and oxygen atoms in total. The van der Waals surface area contributed by atoms with Crippen molar-refractivity contribution >= 4 is 0 Å². The summed E-state index contributed by atoms with van der Waals surface area (Å²) in [5.41, 5.74) is 4.79. The van der Waals surface area contributed by atoms with Gasteiger partial charge in [-0.25, -0.2) is 0 Å². The summed E-state index contributed by atoms with van der Waals surface area (Å²) in [5, 5.41) is 10.8. The SMILES string of the molecule is CCN(CC)Cc1ccccc1CNCc1cn[nH]c1-c1ccc(C)o1. The molecule has 0 aliphatic heterocycles. The van der Waals surface area contributed by atoms with Crippen LogP contribution in [0.15, 0.2) is 47.0 Å². The molecule has 138 valence electrons. The lowest BCUT2D eigenvalue weighted by Gasteiger charge is -2.20. The van der Waals surface area contributed by atoms with Gasteiger partial charge in [-0.15, -0.1) is 0 Å². The van der Waals surface area contributed by atoms with Crippen LogP contribution in [0.4, 0.5) is 0 Å². The van der Waals surface area contributed by atoms with E-state index >= 15 is 0 Å². The summed E-state index contributed by atoms with van der Waals surface area (Å²) in [6, 6.07) is 12.6. The summed E-state index contributed by atoms with van der Waals surface area (Å²) in [6.07, 6.45) is 1.86. The summed E-state index contributed by atoms with van der Waals surface area (Å²) in [6.45, 7) is 11.1. The van der Waals surface area contributed by atoms with Crippen LogP contribution in [0.25, 0.3) is 11.5 Å². The molecule has 0 atom stereocenters. The molecule has 0 radical (unpaired) electrons. The van der Waals surface area contributed by atoms with Gasteiger partial charge in [-0.2, -0.15) is 5.10 Å². The smallest absolute Gasteiger partial charge is 0.152 e. The zero-order valence-corrected chi connectivity index (χ0v) is 15.9. The van der Waals surface area contributed by atoms with Crippen LogP contribution in [0.5, 0.6) is 0 Å². The van der Waals surface area contributed by atoms with E-state index in [1.807, 2.05) is 25.3 Å². The second-order valence-electron chi connectivity index (χ2n) is 6.51. The quantitative estimate of drug-likeness (QED) is 0.608. The van der Waals surface area contributed by atoms with Crippen molar-refractivity contribution in [1.29, 1.82) is 0 Å². The Morgan fingerprint density at radius 2 is 1.73 bits per heavy atom.